The first-order chi connectivity index (χ1) is 6.25. The van der Waals surface area contributed by atoms with Gasteiger partial charge in [0, 0.05) is 6.20 Å². The second-order valence-electron chi connectivity index (χ2n) is 2.58. The fourth-order valence-electron chi connectivity index (χ4n) is 0.962. The van der Waals surface area contributed by atoms with Crippen molar-refractivity contribution < 1.29 is 0 Å². The minimum Gasteiger partial charge on any atom is -0.254 e. The summed E-state index contributed by atoms with van der Waals surface area (Å²) in [7, 11) is 0. The van der Waals surface area contributed by atoms with Crippen molar-refractivity contribution in [2.45, 2.75) is 6.92 Å². The van der Waals surface area contributed by atoms with Gasteiger partial charge in [-0.15, -0.1) is 10.2 Å². The lowest BCUT2D eigenvalue weighted by atomic mass is 10.2. The highest BCUT2D eigenvalue weighted by Gasteiger charge is 2.05. The number of nitrogens with zero attached hydrogens (tertiary/aromatic N) is 3. The zero-order valence-electron chi connectivity index (χ0n) is 6.86. The maximum atomic E-state index is 4.21. The molecule has 3 nitrogen and oxygen atoms in total. The molecule has 0 radical (unpaired) electrons. The highest BCUT2D eigenvalue weighted by Crippen LogP contribution is 2.24. The molecule has 0 atom stereocenters. The quantitative estimate of drug-likeness (QED) is 0.787. The second-order valence-corrected chi connectivity index (χ2v) is 4.83. The van der Waals surface area contributed by atoms with E-state index in [9.17, 15) is 0 Å². The van der Waals surface area contributed by atoms with E-state index in [1.54, 1.807) is 6.20 Å². The van der Waals surface area contributed by atoms with Crippen LogP contribution in [-0.4, -0.2) is 15.2 Å². The van der Waals surface area contributed by atoms with E-state index in [-0.39, 0.29) is 0 Å². The van der Waals surface area contributed by atoms with Gasteiger partial charge in [0.05, 0.1) is 0 Å². The summed E-state index contributed by atoms with van der Waals surface area (Å²) in [5.74, 6) is 0. The Morgan fingerprint density at radius 1 is 1.38 bits per heavy atom. The number of hydrogen-bond acceptors (Lipinski definition) is 4. The molecule has 0 saturated heterocycles. The summed E-state index contributed by atoms with van der Waals surface area (Å²) in [6.45, 7) is 2.03. The van der Waals surface area contributed by atoms with Crippen LogP contribution in [0.3, 0.4) is 0 Å². The molecule has 0 N–H and O–H groups in total. The van der Waals surface area contributed by atoms with Gasteiger partial charge >= 0.3 is 0 Å². The SMILES string of the molecule is Cc1ccnc(-c2nnc(Br)s2)c1. The summed E-state index contributed by atoms with van der Waals surface area (Å²) in [5, 5.41) is 8.70. The molecule has 0 aliphatic carbocycles. The van der Waals surface area contributed by atoms with Crippen molar-refractivity contribution in [2.75, 3.05) is 0 Å². The van der Waals surface area contributed by atoms with Crippen LogP contribution < -0.4 is 0 Å². The maximum Gasteiger partial charge on any atom is 0.183 e. The van der Waals surface area contributed by atoms with E-state index in [2.05, 4.69) is 31.1 Å². The molecule has 0 fully saturated rings. The molecule has 2 aromatic heterocycles. The summed E-state index contributed by atoms with van der Waals surface area (Å²) in [5.41, 5.74) is 2.06. The molecule has 0 aliphatic rings. The summed E-state index contributed by atoms with van der Waals surface area (Å²) in [6, 6.07) is 3.95. The third kappa shape index (κ3) is 1.92. The first kappa shape index (κ1) is 8.77. The highest BCUT2D eigenvalue weighted by atomic mass is 79.9. The Morgan fingerprint density at radius 3 is 2.85 bits per heavy atom. The van der Waals surface area contributed by atoms with Gasteiger partial charge in [-0.1, -0.05) is 11.3 Å². The van der Waals surface area contributed by atoms with Crippen molar-refractivity contribution in [2.24, 2.45) is 0 Å². The molecule has 0 bridgehead atoms. The fraction of sp³-hybridized carbons (Fsp3) is 0.125. The monoisotopic (exact) mass is 255 g/mol. The normalized spacial score (nSPS) is 10.3. The molecule has 0 unspecified atom stereocenters. The molecular formula is C8H6BrN3S. The molecule has 0 spiro atoms. The van der Waals surface area contributed by atoms with E-state index < -0.39 is 0 Å². The predicted octanol–water partition coefficient (Wildman–Crippen LogP) is 2.67. The van der Waals surface area contributed by atoms with Gasteiger partial charge < -0.3 is 0 Å². The molecule has 0 amide bonds. The van der Waals surface area contributed by atoms with Crippen molar-refractivity contribution in [3.05, 3.63) is 27.8 Å². The van der Waals surface area contributed by atoms with Crippen LogP contribution in [0.2, 0.25) is 0 Å². The van der Waals surface area contributed by atoms with Gasteiger partial charge in [-0.2, -0.15) is 0 Å². The van der Waals surface area contributed by atoms with Crippen LogP contribution in [0.4, 0.5) is 0 Å². The summed E-state index contributed by atoms with van der Waals surface area (Å²) in [6.07, 6.45) is 1.78. The number of rotatable bonds is 1. The molecule has 0 aliphatic heterocycles. The first-order valence-corrected chi connectivity index (χ1v) is 5.29. The zero-order chi connectivity index (χ0) is 9.26. The molecular weight excluding hydrogens is 250 g/mol. The minimum absolute atomic E-state index is 0.783. The minimum atomic E-state index is 0.783. The van der Waals surface area contributed by atoms with Gasteiger partial charge in [0.25, 0.3) is 0 Å². The van der Waals surface area contributed by atoms with Crippen LogP contribution in [0.15, 0.2) is 22.2 Å². The molecule has 5 heteroatoms. The topological polar surface area (TPSA) is 38.7 Å². The number of hydrogen-bond donors (Lipinski definition) is 0. The van der Waals surface area contributed by atoms with E-state index in [1.807, 2.05) is 19.1 Å². The Morgan fingerprint density at radius 2 is 2.23 bits per heavy atom. The Hall–Kier alpha value is -0.810. The first-order valence-electron chi connectivity index (χ1n) is 3.68. The van der Waals surface area contributed by atoms with Gasteiger partial charge in [-0.25, -0.2) is 0 Å². The average molecular weight is 256 g/mol. The van der Waals surface area contributed by atoms with Gasteiger partial charge in [0.2, 0.25) is 0 Å². The molecule has 2 rings (SSSR count). The third-order valence-electron chi connectivity index (χ3n) is 1.53. The number of aryl methyl sites for hydroxylation is 1. The molecule has 66 valence electrons. The van der Waals surface area contributed by atoms with Gasteiger partial charge in [0.1, 0.15) is 5.69 Å². The largest absolute Gasteiger partial charge is 0.254 e. The van der Waals surface area contributed by atoms with E-state index in [0.29, 0.717) is 0 Å². The Kier molecular flexibility index (Phi) is 2.37. The lowest BCUT2D eigenvalue weighted by Crippen LogP contribution is -1.83. The molecule has 2 aromatic rings. The zero-order valence-corrected chi connectivity index (χ0v) is 9.26. The molecule has 0 aromatic carbocycles. The van der Waals surface area contributed by atoms with Crippen LogP contribution in [0.1, 0.15) is 5.56 Å². The summed E-state index contributed by atoms with van der Waals surface area (Å²) < 4.78 is 0.783. The lowest BCUT2D eigenvalue weighted by molar-refractivity contribution is 1.07. The summed E-state index contributed by atoms with van der Waals surface area (Å²) in [4.78, 5) is 4.21. The van der Waals surface area contributed by atoms with Gasteiger partial charge in [0.15, 0.2) is 8.92 Å². The molecule has 0 saturated carbocycles. The van der Waals surface area contributed by atoms with Crippen LogP contribution in [0.25, 0.3) is 10.7 Å². The number of halogens is 1. The van der Waals surface area contributed by atoms with Crippen LogP contribution in [0.5, 0.6) is 0 Å². The second kappa shape index (κ2) is 3.51. The maximum absolute atomic E-state index is 4.21. The fourth-order valence-corrected chi connectivity index (χ4v) is 2.04. The number of pyridine rings is 1. The molecule has 2 heterocycles. The van der Waals surface area contributed by atoms with Crippen molar-refractivity contribution in [3.63, 3.8) is 0 Å². The van der Waals surface area contributed by atoms with Crippen LogP contribution in [-0.2, 0) is 0 Å². The van der Waals surface area contributed by atoms with E-state index in [4.69, 9.17) is 0 Å². The Labute approximate surface area is 88.0 Å². The Bertz CT molecular complexity index is 427. The van der Waals surface area contributed by atoms with E-state index >= 15 is 0 Å². The number of aromatic nitrogens is 3. The van der Waals surface area contributed by atoms with Gasteiger partial charge in [-0.05, 0) is 40.5 Å². The van der Waals surface area contributed by atoms with Crippen molar-refractivity contribution in [1.29, 1.82) is 0 Å². The van der Waals surface area contributed by atoms with Crippen molar-refractivity contribution in [3.8, 4) is 10.7 Å². The highest BCUT2D eigenvalue weighted by molar-refractivity contribution is 9.11. The van der Waals surface area contributed by atoms with Crippen molar-refractivity contribution >= 4 is 27.3 Å². The lowest BCUT2D eigenvalue weighted by Gasteiger charge is -1.94. The third-order valence-corrected chi connectivity index (χ3v) is 2.91. The van der Waals surface area contributed by atoms with Crippen molar-refractivity contribution in [1.82, 2.24) is 15.2 Å². The summed E-state index contributed by atoms with van der Waals surface area (Å²) >= 11 is 4.75. The molecule has 13 heavy (non-hydrogen) atoms. The standard InChI is InChI=1S/C8H6BrN3S/c1-5-2-3-10-6(4-5)7-11-12-8(9)13-7/h2-4H,1H3. The van der Waals surface area contributed by atoms with Gasteiger partial charge in [-0.3, -0.25) is 4.98 Å². The Balaban J connectivity index is 2.46. The van der Waals surface area contributed by atoms with E-state index in [0.717, 1.165) is 14.6 Å². The van der Waals surface area contributed by atoms with E-state index in [1.165, 1.54) is 16.9 Å². The smallest absolute Gasteiger partial charge is 0.183 e. The predicted molar refractivity (Wildman–Crippen MR) is 55.6 cm³/mol. The van der Waals surface area contributed by atoms with Crippen LogP contribution >= 0.6 is 27.3 Å². The van der Waals surface area contributed by atoms with Crippen LogP contribution in [0, 0.1) is 6.92 Å². The average Bonchev–Trinajstić information content (AvgIpc) is 2.52.